The molecule has 0 aliphatic carbocycles. The summed E-state index contributed by atoms with van der Waals surface area (Å²) in [5.74, 6) is -0.581. The Kier molecular flexibility index (Phi) is 8.01. The summed E-state index contributed by atoms with van der Waals surface area (Å²) in [6.45, 7) is 6.99. The van der Waals surface area contributed by atoms with E-state index >= 15 is 0 Å². The largest absolute Gasteiger partial charge is 0.468 e. The molecule has 19 heavy (non-hydrogen) atoms. The first-order valence-corrected chi connectivity index (χ1v) is 6.73. The van der Waals surface area contributed by atoms with Gasteiger partial charge in [-0.05, 0) is 19.4 Å². The number of nitriles is 1. The maximum absolute atomic E-state index is 12.4. The van der Waals surface area contributed by atoms with Crippen molar-refractivity contribution in [3.63, 3.8) is 0 Å². The number of rotatable bonds is 9. The van der Waals surface area contributed by atoms with Gasteiger partial charge < -0.3 is 4.74 Å². The van der Waals surface area contributed by atoms with E-state index in [-0.39, 0.29) is 12.3 Å². The van der Waals surface area contributed by atoms with Gasteiger partial charge in [-0.2, -0.15) is 5.26 Å². The van der Waals surface area contributed by atoms with Crippen molar-refractivity contribution in [2.24, 2.45) is 5.41 Å². The molecule has 0 aromatic carbocycles. The summed E-state index contributed by atoms with van der Waals surface area (Å²) in [5, 5.41) is 8.59. The third-order valence-corrected chi connectivity index (χ3v) is 3.67. The van der Waals surface area contributed by atoms with Crippen LogP contribution in [0, 0.1) is 16.7 Å². The number of methoxy groups -OCH3 is 1. The fourth-order valence-electron chi connectivity index (χ4n) is 2.15. The van der Waals surface area contributed by atoms with Crippen LogP contribution in [0.3, 0.4) is 0 Å². The van der Waals surface area contributed by atoms with E-state index < -0.39 is 11.4 Å². The molecule has 0 N–H and O–H groups in total. The summed E-state index contributed by atoms with van der Waals surface area (Å²) in [7, 11) is 1.31. The molecule has 5 nitrogen and oxygen atoms in total. The van der Waals surface area contributed by atoms with Crippen molar-refractivity contribution in [2.45, 2.75) is 40.0 Å². The lowest BCUT2D eigenvalue weighted by atomic mass is 9.78. The van der Waals surface area contributed by atoms with Crippen molar-refractivity contribution < 1.29 is 14.3 Å². The van der Waals surface area contributed by atoms with Crippen LogP contribution < -0.4 is 0 Å². The Morgan fingerprint density at radius 1 is 1.26 bits per heavy atom. The standard InChI is InChI=1S/C14H24N2O3/c1-5-14(6-2,13(18)19-4)12(17)11-16(7-3)10-8-9-15/h5-8,10-11H2,1-4H3. The SMILES string of the molecule is CCN(CCC#N)CC(=O)C(CC)(CC)C(=O)OC. The number of ketones is 1. The molecule has 0 saturated carbocycles. The van der Waals surface area contributed by atoms with Gasteiger partial charge in [0.05, 0.1) is 19.7 Å². The maximum Gasteiger partial charge on any atom is 0.319 e. The third kappa shape index (κ3) is 4.32. The lowest BCUT2D eigenvalue weighted by Crippen LogP contribution is -2.45. The second kappa shape index (κ2) is 8.65. The Labute approximate surface area is 115 Å². The van der Waals surface area contributed by atoms with Crippen LogP contribution in [0.5, 0.6) is 0 Å². The van der Waals surface area contributed by atoms with E-state index in [9.17, 15) is 9.59 Å². The summed E-state index contributed by atoms with van der Waals surface area (Å²) in [6.07, 6.45) is 1.25. The predicted octanol–water partition coefficient (Wildman–Crippen LogP) is 1.77. The van der Waals surface area contributed by atoms with E-state index in [4.69, 9.17) is 10.00 Å². The number of carbonyl (C=O) groups is 2. The van der Waals surface area contributed by atoms with E-state index in [1.54, 1.807) is 0 Å². The van der Waals surface area contributed by atoms with Gasteiger partial charge in [0.25, 0.3) is 0 Å². The van der Waals surface area contributed by atoms with Crippen LogP contribution in [0.25, 0.3) is 0 Å². The lowest BCUT2D eigenvalue weighted by molar-refractivity contribution is -0.159. The van der Waals surface area contributed by atoms with Crippen LogP contribution in [0.1, 0.15) is 40.0 Å². The van der Waals surface area contributed by atoms with Gasteiger partial charge in [-0.15, -0.1) is 0 Å². The van der Waals surface area contributed by atoms with Crippen molar-refractivity contribution in [3.05, 3.63) is 0 Å². The molecule has 0 amide bonds. The molecule has 0 atom stereocenters. The minimum atomic E-state index is -1.05. The molecule has 0 aliphatic heterocycles. The van der Waals surface area contributed by atoms with Gasteiger partial charge in [0, 0.05) is 13.0 Å². The highest BCUT2D eigenvalue weighted by molar-refractivity contribution is 6.04. The van der Waals surface area contributed by atoms with E-state index in [2.05, 4.69) is 6.07 Å². The van der Waals surface area contributed by atoms with Gasteiger partial charge in [0.2, 0.25) is 0 Å². The van der Waals surface area contributed by atoms with E-state index in [0.717, 1.165) is 0 Å². The number of hydrogen-bond donors (Lipinski definition) is 0. The summed E-state index contributed by atoms with van der Waals surface area (Å²) in [5.41, 5.74) is -1.05. The fourth-order valence-corrected chi connectivity index (χ4v) is 2.15. The molecule has 0 heterocycles. The molecule has 5 heteroatoms. The number of carbonyl (C=O) groups excluding carboxylic acids is 2. The summed E-state index contributed by atoms with van der Waals surface area (Å²) < 4.78 is 4.78. The molecule has 0 unspecified atom stereocenters. The van der Waals surface area contributed by atoms with Crippen molar-refractivity contribution in [3.8, 4) is 6.07 Å². The number of nitrogens with zero attached hydrogens (tertiary/aromatic N) is 2. The predicted molar refractivity (Wildman–Crippen MR) is 72.4 cm³/mol. The van der Waals surface area contributed by atoms with Gasteiger partial charge in [-0.25, -0.2) is 0 Å². The summed E-state index contributed by atoms with van der Waals surface area (Å²) >= 11 is 0. The number of Topliss-reactive ketones (excluding diaryl/α,β-unsaturated/α-hetero) is 1. The van der Waals surface area contributed by atoms with Crippen molar-refractivity contribution in [1.82, 2.24) is 4.90 Å². The summed E-state index contributed by atoms with van der Waals surface area (Å²) in [4.78, 5) is 26.2. The third-order valence-electron chi connectivity index (χ3n) is 3.67. The number of hydrogen-bond acceptors (Lipinski definition) is 5. The normalized spacial score (nSPS) is 11.2. The minimum Gasteiger partial charge on any atom is -0.468 e. The Bertz CT molecular complexity index is 343. The van der Waals surface area contributed by atoms with Gasteiger partial charge in [0.15, 0.2) is 5.78 Å². The quantitative estimate of drug-likeness (QED) is 0.471. The zero-order valence-corrected chi connectivity index (χ0v) is 12.4. The van der Waals surface area contributed by atoms with Crippen LogP contribution >= 0.6 is 0 Å². The van der Waals surface area contributed by atoms with Crippen LogP contribution in [0.15, 0.2) is 0 Å². The molecule has 0 aromatic rings. The average molecular weight is 268 g/mol. The summed E-state index contributed by atoms with van der Waals surface area (Å²) in [6, 6.07) is 2.06. The fraction of sp³-hybridized carbons (Fsp3) is 0.786. The maximum atomic E-state index is 12.4. The highest BCUT2D eigenvalue weighted by Gasteiger charge is 2.43. The zero-order valence-electron chi connectivity index (χ0n) is 12.4. The zero-order chi connectivity index (χ0) is 14.9. The van der Waals surface area contributed by atoms with Crippen LogP contribution in [-0.2, 0) is 14.3 Å². The molecule has 108 valence electrons. The smallest absolute Gasteiger partial charge is 0.319 e. The lowest BCUT2D eigenvalue weighted by Gasteiger charge is -2.29. The Hall–Kier alpha value is -1.41. The molecule has 0 saturated heterocycles. The van der Waals surface area contributed by atoms with E-state index in [0.29, 0.717) is 32.4 Å². The molecule has 0 fully saturated rings. The van der Waals surface area contributed by atoms with Crippen LogP contribution in [-0.4, -0.2) is 43.4 Å². The van der Waals surface area contributed by atoms with Crippen LogP contribution in [0.4, 0.5) is 0 Å². The highest BCUT2D eigenvalue weighted by atomic mass is 16.5. The molecular weight excluding hydrogens is 244 g/mol. The minimum absolute atomic E-state index is 0.121. The average Bonchev–Trinajstić information content (AvgIpc) is 2.44. The Morgan fingerprint density at radius 2 is 1.84 bits per heavy atom. The number of esters is 1. The van der Waals surface area contributed by atoms with Crippen LogP contribution in [0.2, 0.25) is 0 Å². The molecule has 0 aliphatic rings. The van der Waals surface area contributed by atoms with Gasteiger partial charge in [0.1, 0.15) is 5.41 Å². The Morgan fingerprint density at radius 3 is 2.21 bits per heavy atom. The molecule has 0 radical (unpaired) electrons. The Balaban J connectivity index is 4.91. The van der Waals surface area contributed by atoms with Gasteiger partial charge in [-0.1, -0.05) is 20.8 Å². The number of ether oxygens (including phenoxy) is 1. The monoisotopic (exact) mass is 268 g/mol. The van der Waals surface area contributed by atoms with E-state index in [1.165, 1.54) is 7.11 Å². The highest BCUT2D eigenvalue weighted by Crippen LogP contribution is 2.29. The molecular formula is C14H24N2O3. The number of likely N-dealkylation sites (N-methyl/N-ethyl adjacent to an activating group) is 1. The topological polar surface area (TPSA) is 70.4 Å². The molecule has 0 rings (SSSR count). The first-order chi connectivity index (χ1) is 9.02. The van der Waals surface area contributed by atoms with Crippen molar-refractivity contribution in [2.75, 3.05) is 26.7 Å². The van der Waals surface area contributed by atoms with Crippen molar-refractivity contribution in [1.29, 1.82) is 5.26 Å². The van der Waals surface area contributed by atoms with Crippen molar-refractivity contribution >= 4 is 11.8 Å². The first kappa shape index (κ1) is 17.6. The molecule has 0 bridgehead atoms. The molecule has 0 spiro atoms. The van der Waals surface area contributed by atoms with Gasteiger partial charge in [-0.3, -0.25) is 14.5 Å². The second-order valence-corrected chi connectivity index (χ2v) is 4.48. The first-order valence-electron chi connectivity index (χ1n) is 6.73. The second-order valence-electron chi connectivity index (χ2n) is 4.48. The van der Waals surface area contributed by atoms with E-state index in [1.807, 2.05) is 25.7 Å². The van der Waals surface area contributed by atoms with Gasteiger partial charge >= 0.3 is 5.97 Å². The molecule has 0 aromatic heterocycles.